The number of aliphatic imine (C=N–C) groups is 1. The first-order valence-corrected chi connectivity index (χ1v) is 7.30. The van der Waals surface area contributed by atoms with Crippen LogP contribution in [0.5, 0.6) is 0 Å². The monoisotopic (exact) mass is 269 g/mol. The molecule has 0 aromatic heterocycles. The Balaban J connectivity index is 2.19. The Kier molecular flexibility index (Phi) is 7.97. The zero-order chi connectivity index (χ0) is 13.9. The molecule has 1 aliphatic rings. The highest BCUT2D eigenvalue weighted by Crippen LogP contribution is 2.09. The van der Waals surface area contributed by atoms with Crippen LogP contribution in [0.25, 0.3) is 0 Å². The van der Waals surface area contributed by atoms with E-state index in [-0.39, 0.29) is 5.91 Å². The highest BCUT2D eigenvalue weighted by Gasteiger charge is 2.15. The van der Waals surface area contributed by atoms with Crippen LogP contribution < -0.4 is 16.6 Å². The van der Waals surface area contributed by atoms with Gasteiger partial charge < -0.3 is 10.2 Å². The lowest BCUT2D eigenvalue weighted by Gasteiger charge is -2.26. The second-order valence-corrected chi connectivity index (χ2v) is 4.85. The van der Waals surface area contributed by atoms with Crippen molar-refractivity contribution in [2.45, 2.75) is 45.4 Å². The maximum absolute atomic E-state index is 11.9. The summed E-state index contributed by atoms with van der Waals surface area (Å²) >= 11 is 0. The minimum atomic E-state index is 0.220. The van der Waals surface area contributed by atoms with Crippen LogP contribution >= 0.6 is 0 Å². The van der Waals surface area contributed by atoms with Crippen LogP contribution in [-0.4, -0.2) is 42.9 Å². The first kappa shape index (κ1) is 15.8. The number of nitrogens with zero attached hydrogens (tertiary/aromatic N) is 2. The van der Waals surface area contributed by atoms with E-state index in [1.165, 1.54) is 6.42 Å². The molecule has 0 atom stereocenters. The van der Waals surface area contributed by atoms with Crippen molar-refractivity contribution >= 4 is 11.9 Å². The molecule has 1 saturated heterocycles. The molecule has 0 radical (unpaired) electrons. The molecule has 1 aliphatic heterocycles. The first-order chi connectivity index (χ1) is 9.27. The van der Waals surface area contributed by atoms with Crippen molar-refractivity contribution in [2.24, 2.45) is 10.8 Å². The molecule has 0 aromatic rings. The van der Waals surface area contributed by atoms with Gasteiger partial charge in [-0.05, 0) is 25.7 Å². The summed E-state index contributed by atoms with van der Waals surface area (Å²) in [6.45, 7) is 5.26. The van der Waals surface area contributed by atoms with Crippen molar-refractivity contribution in [2.75, 3.05) is 26.2 Å². The number of guanidine groups is 1. The van der Waals surface area contributed by atoms with Crippen molar-refractivity contribution in [1.29, 1.82) is 0 Å². The Morgan fingerprint density at radius 3 is 2.68 bits per heavy atom. The minimum Gasteiger partial charge on any atom is -0.355 e. The number of unbranched alkanes of at least 4 members (excludes halogenated alkanes) is 1. The Morgan fingerprint density at radius 1 is 1.32 bits per heavy atom. The lowest BCUT2D eigenvalue weighted by Crippen LogP contribution is -2.43. The molecule has 1 fully saturated rings. The van der Waals surface area contributed by atoms with Gasteiger partial charge in [-0.25, -0.2) is 5.84 Å². The van der Waals surface area contributed by atoms with Gasteiger partial charge in [0, 0.05) is 32.6 Å². The molecule has 0 aromatic carbocycles. The van der Waals surface area contributed by atoms with Gasteiger partial charge in [-0.3, -0.25) is 15.2 Å². The van der Waals surface area contributed by atoms with Gasteiger partial charge in [-0.2, -0.15) is 0 Å². The number of hydrogen-bond acceptors (Lipinski definition) is 3. The molecule has 0 aliphatic carbocycles. The van der Waals surface area contributed by atoms with E-state index >= 15 is 0 Å². The van der Waals surface area contributed by atoms with Crippen LogP contribution in [0, 0.1) is 0 Å². The predicted octanol–water partition coefficient (Wildman–Crippen LogP) is 0.598. The number of nitrogens with one attached hydrogen (secondary N) is 2. The molecular formula is C13H27N5O. The fraction of sp³-hybridized carbons (Fsp3) is 0.846. The lowest BCUT2D eigenvalue weighted by molar-refractivity contribution is -0.131. The van der Waals surface area contributed by atoms with Crippen LogP contribution in [0.4, 0.5) is 0 Å². The SMILES string of the molecule is CCCCN=C(NN)NCCC(=O)N1CCCCC1. The second-order valence-electron chi connectivity index (χ2n) is 4.85. The van der Waals surface area contributed by atoms with E-state index in [1.807, 2.05) is 4.90 Å². The van der Waals surface area contributed by atoms with E-state index in [1.54, 1.807) is 0 Å². The Morgan fingerprint density at radius 2 is 2.05 bits per heavy atom. The highest BCUT2D eigenvalue weighted by atomic mass is 16.2. The third kappa shape index (κ3) is 6.42. The van der Waals surface area contributed by atoms with E-state index in [9.17, 15) is 4.79 Å². The van der Waals surface area contributed by atoms with Crippen molar-refractivity contribution < 1.29 is 4.79 Å². The average molecular weight is 269 g/mol. The number of nitrogens with two attached hydrogens (primary N) is 1. The zero-order valence-electron chi connectivity index (χ0n) is 12.0. The molecule has 19 heavy (non-hydrogen) atoms. The fourth-order valence-electron chi connectivity index (χ4n) is 2.09. The largest absolute Gasteiger partial charge is 0.355 e. The summed E-state index contributed by atoms with van der Waals surface area (Å²) < 4.78 is 0. The maximum atomic E-state index is 11.9. The lowest BCUT2D eigenvalue weighted by atomic mass is 10.1. The Hall–Kier alpha value is -1.30. The first-order valence-electron chi connectivity index (χ1n) is 7.30. The normalized spacial score (nSPS) is 16.3. The van der Waals surface area contributed by atoms with Crippen molar-refractivity contribution in [1.82, 2.24) is 15.6 Å². The smallest absolute Gasteiger partial charge is 0.224 e. The summed E-state index contributed by atoms with van der Waals surface area (Å²) in [4.78, 5) is 18.2. The molecule has 1 amide bonds. The molecule has 0 spiro atoms. The van der Waals surface area contributed by atoms with Gasteiger partial charge in [0.05, 0.1) is 0 Å². The fourth-order valence-corrected chi connectivity index (χ4v) is 2.09. The molecule has 110 valence electrons. The minimum absolute atomic E-state index is 0.220. The zero-order valence-corrected chi connectivity index (χ0v) is 12.0. The molecule has 0 unspecified atom stereocenters. The van der Waals surface area contributed by atoms with E-state index in [4.69, 9.17) is 5.84 Å². The van der Waals surface area contributed by atoms with Crippen LogP contribution in [0.2, 0.25) is 0 Å². The molecule has 6 heteroatoms. The van der Waals surface area contributed by atoms with Crippen LogP contribution in [0.3, 0.4) is 0 Å². The van der Waals surface area contributed by atoms with Crippen LogP contribution in [0.1, 0.15) is 45.4 Å². The second kappa shape index (κ2) is 9.61. The standard InChI is InChI=1S/C13H27N5O/c1-2-3-8-15-13(17-14)16-9-7-12(19)18-10-5-4-6-11-18/h2-11,14H2,1H3,(H2,15,16,17). The third-order valence-electron chi connectivity index (χ3n) is 3.26. The van der Waals surface area contributed by atoms with E-state index in [0.717, 1.165) is 45.3 Å². The van der Waals surface area contributed by atoms with Gasteiger partial charge in [0.2, 0.25) is 11.9 Å². The van der Waals surface area contributed by atoms with E-state index < -0.39 is 0 Å². The number of piperidine rings is 1. The maximum Gasteiger partial charge on any atom is 0.224 e. The Labute approximate surface area is 115 Å². The molecule has 6 nitrogen and oxygen atoms in total. The number of hydrogen-bond donors (Lipinski definition) is 3. The van der Waals surface area contributed by atoms with Crippen LogP contribution in [-0.2, 0) is 4.79 Å². The number of hydrazine groups is 1. The Bertz CT molecular complexity index is 287. The third-order valence-corrected chi connectivity index (χ3v) is 3.26. The molecule has 4 N–H and O–H groups in total. The van der Waals surface area contributed by atoms with Gasteiger partial charge in [0.25, 0.3) is 0 Å². The van der Waals surface area contributed by atoms with Crippen molar-refractivity contribution in [3.8, 4) is 0 Å². The van der Waals surface area contributed by atoms with Gasteiger partial charge in [-0.15, -0.1) is 0 Å². The number of rotatable bonds is 6. The van der Waals surface area contributed by atoms with E-state index in [2.05, 4.69) is 22.7 Å². The van der Waals surface area contributed by atoms with Gasteiger partial charge in [0.1, 0.15) is 0 Å². The average Bonchev–Trinajstić information content (AvgIpc) is 2.46. The molecule has 0 bridgehead atoms. The quantitative estimate of drug-likeness (QED) is 0.217. The predicted molar refractivity (Wildman–Crippen MR) is 77.6 cm³/mol. The molecule has 1 heterocycles. The van der Waals surface area contributed by atoms with Crippen molar-refractivity contribution in [3.63, 3.8) is 0 Å². The van der Waals surface area contributed by atoms with Gasteiger partial charge in [-0.1, -0.05) is 13.3 Å². The number of carbonyl (C=O) groups excluding carboxylic acids is 1. The molecule has 0 saturated carbocycles. The van der Waals surface area contributed by atoms with Gasteiger partial charge >= 0.3 is 0 Å². The summed E-state index contributed by atoms with van der Waals surface area (Å²) in [5.41, 5.74) is 2.53. The number of carbonyl (C=O) groups is 1. The van der Waals surface area contributed by atoms with Crippen molar-refractivity contribution in [3.05, 3.63) is 0 Å². The van der Waals surface area contributed by atoms with Crippen LogP contribution in [0.15, 0.2) is 4.99 Å². The topological polar surface area (TPSA) is 82.7 Å². The number of amides is 1. The van der Waals surface area contributed by atoms with Gasteiger partial charge in [0.15, 0.2) is 0 Å². The summed E-state index contributed by atoms with van der Waals surface area (Å²) in [5, 5.41) is 3.06. The van der Waals surface area contributed by atoms with E-state index in [0.29, 0.717) is 18.9 Å². The number of likely N-dealkylation sites (tertiary alicyclic amines) is 1. The highest BCUT2D eigenvalue weighted by molar-refractivity contribution is 5.80. The summed E-state index contributed by atoms with van der Waals surface area (Å²) in [7, 11) is 0. The summed E-state index contributed by atoms with van der Waals surface area (Å²) in [6, 6.07) is 0. The summed E-state index contributed by atoms with van der Waals surface area (Å²) in [6.07, 6.45) is 6.15. The molecular weight excluding hydrogens is 242 g/mol. The molecule has 1 rings (SSSR count). The summed E-state index contributed by atoms with van der Waals surface area (Å²) in [5.74, 6) is 6.16.